The van der Waals surface area contributed by atoms with Crippen LogP contribution in [0.4, 0.5) is 0 Å². The molecular weight excluding hydrogens is 282 g/mol. The Morgan fingerprint density at radius 1 is 0.609 bits per heavy atom. The molecule has 0 aromatic rings. The van der Waals surface area contributed by atoms with E-state index in [4.69, 9.17) is 0 Å². The van der Waals surface area contributed by atoms with Gasteiger partial charge in [-0.15, -0.1) is 0 Å². The summed E-state index contributed by atoms with van der Waals surface area (Å²) in [4.78, 5) is 13.9. The fourth-order valence-corrected chi connectivity index (χ4v) is 3.03. The summed E-state index contributed by atoms with van der Waals surface area (Å²) in [5.41, 5.74) is 0. The standard InChI is InChI=1S/C21H43NO/c1-4-6-8-10-11-12-13-14-16-18-20-22(3)21(23)19-17-15-9-7-5-2/h4-20H2,1-3H3. The molecule has 0 unspecified atom stereocenters. The highest BCUT2D eigenvalue weighted by molar-refractivity contribution is 5.75. The van der Waals surface area contributed by atoms with Gasteiger partial charge in [-0.05, 0) is 12.8 Å². The summed E-state index contributed by atoms with van der Waals surface area (Å²) in [7, 11) is 1.97. The fourth-order valence-electron chi connectivity index (χ4n) is 3.03. The molecule has 0 aromatic carbocycles. The molecule has 0 aliphatic carbocycles. The summed E-state index contributed by atoms with van der Waals surface area (Å²) in [5.74, 6) is 0.345. The minimum absolute atomic E-state index is 0.345. The van der Waals surface area contributed by atoms with Crippen LogP contribution in [0.5, 0.6) is 0 Å². The van der Waals surface area contributed by atoms with Crippen molar-refractivity contribution in [3.05, 3.63) is 0 Å². The molecule has 1 amide bonds. The third kappa shape index (κ3) is 16.1. The molecule has 2 heteroatoms. The highest BCUT2D eigenvalue weighted by atomic mass is 16.2. The number of hydrogen-bond donors (Lipinski definition) is 0. The minimum Gasteiger partial charge on any atom is -0.346 e. The van der Waals surface area contributed by atoms with Gasteiger partial charge in [-0.25, -0.2) is 0 Å². The van der Waals surface area contributed by atoms with Crippen LogP contribution >= 0.6 is 0 Å². The molecule has 2 nitrogen and oxygen atoms in total. The van der Waals surface area contributed by atoms with E-state index < -0.39 is 0 Å². The van der Waals surface area contributed by atoms with Crippen molar-refractivity contribution >= 4 is 5.91 Å². The molecule has 0 spiro atoms. The Hall–Kier alpha value is -0.530. The molecule has 0 rings (SSSR count). The Bertz CT molecular complexity index is 252. The lowest BCUT2D eigenvalue weighted by Gasteiger charge is -2.17. The predicted molar refractivity (Wildman–Crippen MR) is 103 cm³/mol. The smallest absolute Gasteiger partial charge is 0.222 e. The van der Waals surface area contributed by atoms with Crippen LogP contribution in [0.25, 0.3) is 0 Å². The maximum Gasteiger partial charge on any atom is 0.222 e. The van der Waals surface area contributed by atoms with Gasteiger partial charge in [0, 0.05) is 20.0 Å². The van der Waals surface area contributed by atoms with Crippen LogP contribution in [0.1, 0.15) is 117 Å². The zero-order chi connectivity index (χ0) is 17.2. The summed E-state index contributed by atoms with van der Waals surface area (Å²) in [5, 5.41) is 0. The average Bonchev–Trinajstić information content (AvgIpc) is 2.56. The minimum atomic E-state index is 0.345. The van der Waals surface area contributed by atoms with E-state index in [0.717, 1.165) is 19.4 Å². The number of unbranched alkanes of at least 4 members (excludes halogenated alkanes) is 13. The molecule has 138 valence electrons. The Morgan fingerprint density at radius 2 is 1.00 bits per heavy atom. The second-order valence-electron chi connectivity index (χ2n) is 7.16. The zero-order valence-electron chi connectivity index (χ0n) is 16.4. The summed E-state index contributed by atoms with van der Waals surface area (Å²) in [6.45, 7) is 5.45. The van der Waals surface area contributed by atoms with Crippen LogP contribution in [0, 0.1) is 0 Å². The Labute approximate surface area is 146 Å². The Morgan fingerprint density at radius 3 is 1.48 bits per heavy atom. The van der Waals surface area contributed by atoms with Crippen molar-refractivity contribution in [2.45, 2.75) is 117 Å². The van der Waals surface area contributed by atoms with Gasteiger partial charge >= 0.3 is 0 Å². The molecule has 0 aliphatic heterocycles. The maximum atomic E-state index is 12.0. The van der Waals surface area contributed by atoms with E-state index in [1.165, 1.54) is 89.9 Å². The number of nitrogens with zero attached hydrogens (tertiary/aromatic N) is 1. The number of carbonyl (C=O) groups is 1. The van der Waals surface area contributed by atoms with E-state index in [1.807, 2.05) is 11.9 Å². The SMILES string of the molecule is CCCCCCCCCCCCN(C)C(=O)CCCCCCC. The average molecular weight is 326 g/mol. The Balaban J connectivity index is 3.31. The molecule has 0 saturated heterocycles. The third-order valence-corrected chi connectivity index (χ3v) is 4.77. The van der Waals surface area contributed by atoms with Gasteiger partial charge in [0.25, 0.3) is 0 Å². The van der Waals surface area contributed by atoms with Crippen molar-refractivity contribution in [2.24, 2.45) is 0 Å². The van der Waals surface area contributed by atoms with Gasteiger partial charge in [0.2, 0.25) is 5.91 Å². The van der Waals surface area contributed by atoms with E-state index in [2.05, 4.69) is 13.8 Å². The molecule has 0 radical (unpaired) electrons. The molecule has 0 fully saturated rings. The third-order valence-electron chi connectivity index (χ3n) is 4.77. The monoisotopic (exact) mass is 325 g/mol. The summed E-state index contributed by atoms with van der Waals surface area (Å²) in [6, 6.07) is 0. The zero-order valence-corrected chi connectivity index (χ0v) is 16.4. The highest BCUT2D eigenvalue weighted by Crippen LogP contribution is 2.11. The highest BCUT2D eigenvalue weighted by Gasteiger charge is 2.07. The quantitative estimate of drug-likeness (QED) is 0.272. The van der Waals surface area contributed by atoms with Crippen molar-refractivity contribution in [2.75, 3.05) is 13.6 Å². The normalized spacial score (nSPS) is 10.9. The number of carbonyl (C=O) groups excluding carboxylic acids is 1. The lowest BCUT2D eigenvalue weighted by atomic mass is 10.1. The van der Waals surface area contributed by atoms with E-state index in [1.54, 1.807) is 0 Å². The molecule has 0 N–H and O–H groups in total. The largest absolute Gasteiger partial charge is 0.346 e. The van der Waals surface area contributed by atoms with E-state index in [9.17, 15) is 4.79 Å². The molecular formula is C21H43NO. The van der Waals surface area contributed by atoms with Crippen molar-refractivity contribution < 1.29 is 4.79 Å². The van der Waals surface area contributed by atoms with Crippen LogP contribution in [-0.4, -0.2) is 24.4 Å². The second-order valence-corrected chi connectivity index (χ2v) is 7.16. The van der Waals surface area contributed by atoms with Gasteiger partial charge in [0.15, 0.2) is 0 Å². The van der Waals surface area contributed by atoms with Crippen LogP contribution in [-0.2, 0) is 4.79 Å². The summed E-state index contributed by atoms with van der Waals surface area (Å²) < 4.78 is 0. The molecule has 0 aliphatic rings. The van der Waals surface area contributed by atoms with Crippen molar-refractivity contribution in [1.82, 2.24) is 4.90 Å². The maximum absolute atomic E-state index is 12.0. The van der Waals surface area contributed by atoms with E-state index >= 15 is 0 Å². The fraction of sp³-hybridized carbons (Fsp3) is 0.952. The molecule has 0 heterocycles. The first-order valence-corrected chi connectivity index (χ1v) is 10.5. The molecule has 0 saturated carbocycles. The van der Waals surface area contributed by atoms with E-state index in [0.29, 0.717) is 5.91 Å². The number of rotatable bonds is 17. The van der Waals surface area contributed by atoms with Crippen molar-refractivity contribution in [3.63, 3.8) is 0 Å². The van der Waals surface area contributed by atoms with Crippen LogP contribution < -0.4 is 0 Å². The van der Waals surface area contributed by atoms with Crippen LogP contribution in [0.2, 0.25) is 0 Å². The van der Waals surface area contributed by atoms with Crippen LogP contribution in [0.15, 0.2) is 0 Å². The first kappa shape index (κ1) is 22.5. The first-order valence-electron chi connectivity index (χ1n) is 10.5. The van der Waals surface area contributed by atoms with Crippen molar-refractivity contribution in [3.8, 4) is 0 Å². The van der Waals surface area contributed by atoms with Gasteiger partial charge in [-0.1, -0.05) is 97.3 Å². The van der Waals surface area contributed by atoms with Crippen LogP contribution in [0.3, 0.4) is 0 Å². The number of hydrogen-bond acceptors (Lipinski definition) is 1. The topological polar surface area (TPSA) is 20.3 Å². The number of amides is 1. The molecule has 0 aromatic heterocycles. The summed E-state index contributed by atoms with van der Waals surface area (Å²) >= 11 is 0. The van der Waals surface area contributed by atoms with Gasteiger partial charge in [0.05, 0.1) is 0 Å². The lowest BCUT2D eigenvalue weighted by Crippen LogP contribution is -2.27. The molecule has 0 atom stereocenters. The van der Waals surface area contributed by atoms with Crippen molar-refractivity contribution in [1.29, 1.82) is 0 Å². The van der Waals surface area contributed by atoms with Gasteiger partial charge < -0.3 is 4.90 Å². The Kier molecular flexibility index (Phi) is 17.4. The summed E-state index contributed by atoms with van der Waals surface area (Å²) in [6.07, 6.45) is 20.5. The van der Waals surface area contributed by atoms with Gasteiger partial charge in [-0.2, -0.15) is 0 Å². The second kappa shape index (κ2) is 17.8. The van der Waals surface area contributed by atoms with Gasteiger partial charge in [-0.3, -0.25) is 4.79 Å². The van der Waals surface area contributed by atoms with Gasteiger partial charge in [0.1, 0.15) is 0 Å². The predicted octanol–water partition coefficient (Wildman–Crippen LogP) is 6.73. The van der Waals surface area contributed by atoms with E-state index in [-0.39, 0.29) is 0 Å². The lowest BCUT2D eigenvalue weighted by molar-refractivity contribution is -0.130. The first-order chi connectivity index (χ1) is 11.2. The molecule has 23 heavy (non-hydrogen) atoms. The molecule has 0 bridgehead atoms.